The molecule has 2 aromatic rings. The average molecular weight is 443 g/mol. The highest BCUT2D eigenvalue weighted by atomic mass is 16.6. The maximum Gasteiger partial charge on any atom is 0.417 e. The third kappa shape index (κ3) is 5.56. The molecular weight excluding hydrogens is 414 g/mol. The van der Waals surface area contributed by atoms with Gasteiger partial charge in [0.05, 0.1) is 24.8 Å². The minimum atomic E-state index is -0.785. The lowest BCUT2D eigenvalue weighted by molar-refractivity contribution is 0.00953. The third-order valence-electron chi connectivity index (χ3n) is 4.88. The van der Waals surface area contributed by atoms with E-state index in [-0.39, 0.29) is 24.2 Å². The van der Waals surface area contributed by atoms with E-state index in [2.05, 4.69) is 0 Å². The van der Waals surface area contributed by atoms with Crippen molar-refractivity contribution < 1.29 is 33.0 Å². The van der Waals surface area contributed by atoms with E-state index in [0.29, 0.717) is 25.4 Å². The minimum absolute atomic E-state index is 0.0131. The van der Waals surface area contributed by atoms with Gasteiger partial charge in [-0.1, -0.05) is 30.3 Å². The number of fused-ring (bicyclic) bond motifs is 1. The highest BCUT2D eigenvalue weighted by Gasteiger charge is 2.43. The fraction of sp³-hybridized carbons (Fsp3) is 0.458. The van der Waals surface area contributed by atoms with Crippen molar-refractivity contribution in [2.45, 2.75) is 58.8 Å². The molecule has 1 aromatic carbocycles. The number of nitrogens with zero attached hydrogens (tertiary/aromatic N) is 1. The summed E-state index contributed by atoms with van der Waals surface area (Å²) in [6.07, 6.45) is 1.10. The number of imide groups is 1. The van der Waals surface area contributed by atoms with Crippen LogP contribution in [0.25, 0.3) is 0 Å². The molecule has 0 N–H and O–H groups in total. The first-order chi connectivity index (χ1) is 15.2. The van der Waals surface area contributed by atoms with E-state index < -0.39 is 29.6 Å². The first kappa shape index (κ1) is 23.5. The van der Waals surface area contributed by atoms with Gasteiger partial charge in [0.15, 0.2) is 0 Å². The van der Waals surface area contributed by atoms with Gasteiger partial charge in [-0.15, -0.1) is 0 Å². The number of ether oxygens (including phenoxy) is 3. The monoisotopic (exact) mass is 443 g/mol. The number of esters is 1. The van der Waals surface area contributed by atoms with Crippen LogP contribution in [0, 0.1) is 0 Å². The summed E-state index contributed by atoms with van der Waals surface area (Å²) in [6, 6.07) is 9.19. The summed E-state index contributed by atoms with van der Waals surface area (Å²) in [5.41, 5.74) is 0.311. The molecule has 172 valence electrons. The van der Waals surface area contributed by atoms with Crippen LogP contribution in [0.4, 0.5) is 4.79 Å². The maximum absolute atomic E-state index is 13.3. The summed E-state index contributed by atoms with van der Waals surface area (Å²) in [5.74, 6) is -0.948. The number of hydrogen-bond acceptors (Lipinski definition) is 7. The van der Waals surface area contributed by atoms with Gasteiger partial charge in [-0.05, 0) is 39.7 Å². The molecule has 0 spiro atoms. The maximum atomic E-state index is 13.3. The van der Waals surface area contributed by atoms with Gasteiger partial charge in [-0.25, -0.2) is 14.5 Å². The van der Waals surface area contributed by atoms with Gasteiger partial charge in [0.1, 0.15) is 23.2 Å². The van der Waals surface area contributed by atoms with Crippen molar-refractivity contribution >= 4 is 18.0 Å². The lowest BCUT2D eigenvalue weighted by Crippen LogP contribution is -2.51. The summed E-state index contributed by atoms with van der Waals surface area (Å²) in [4.78, 5) is 39.6. The summed E-state index contributed by atoms with van der Waals surface area (Å²) in [6.45, 7) is 7.76. The molecule has 0 saturated heterocycles. The van der Waals surface area contributed by atoms with Crippen molar-refractivity contribution in [1.29, 1.82) is 0 Å². The largest absolute Gasteiger partial charge is 0.467 e. The standard InChI is InChI=1S/C24H29NO7/c1-5-30-22(27)18-15-31-19-13-17(11-12-29-14-16-9-7-6-8-10-16)25(21(26)20(18)19)23(28)32-24(2,3)4/h6-10,15,17H,5,11-14H2,1-4H3/t17-/m1/s1. The number of furan rings is 1. The zero-order valence-corrected chi connectivity index (χ0v) is 18.9. The van der Waals surface area contributed by atoms with E-state index in [1.54, 1.807) is 27.7 Å². The van der Waals surface area contributed by atoms with Gasteiger partial charge in [0.25, 0.3) is 5.91 Å². The molecular formula is C24H29NO7. The van der Waals surface area contributed by atoms with Gasteiger partial charge in [0.2, 0.25) is 0 Å². The highest BCUT2D eigenvalue weighted by molar-refractivity contribution is 6.11. The molecule has 0 saturated carbocycles. The predicted octanol–water partition coefficient (Wildman–Crippen LogP) is 4.37. The van der Waals surface area contributed by atoms with E-state index in [0.717, 1.165) is 10.5 Å². The SMILES string of the molecule is CCOC(=O)c1coc2c1C(=O)N(C(=O)OC(C)(C)C)[C@H](CCOCc1ccccc1)C2. The van der Waals surface area contributed by atoms with Gasteiger partial charge in [-0.3, -0.25) is 4.79 Å². The normalized spacial score (nSPS) is 15.9. The molecule has 0 fully saturated rings. The second kappa shape index (κ2) is 9.99. The fourth-order valence-electron chi connectivity index (χ4n) is 3.49. The minimum Gasteiger partial charge on any atom is -0.467 e. The van der Waals surface area contributed by atoms with E-state index >= 15 is 0 Å². The Morgan fingerprint density at radius 3 is 2.56 bits per heavy atom. The quantitative estimate of drug-likeness (QED) is 0.463. The Hall–Kier alpha value is -3.13. The number of benzene rings is 1. The Balaban J connectivity index is 1.78. The van der Waals surface area contributed by atoms with Crippen LogP contribution in [-0.4, -0.2) is 47.7 Å². The molecule has 2 amide bonds. The Morgan fingerprint density at radius 2 is 1.91 bits per heavy atom. The lowest BCUT2D eigenvalue weighted by atomic mass is 9.96. The van der Waals surface area contributed by atoms with Crippen LogP contribution in [-0.2, 0) is 27.2 Å². The van der Waals surface area contributed by atoms with Gasteiger partial charge < -0.3 is 18.6 Å². The van der Waals surface area contributed by atoms with Crippen molar-refractivity contribution in [3.05, 3.63) is 59.0 Å². The smallest absolute Gasteiger partial charge is 0.417 e. The van der Waals surface area contributed by atoms with Crippen LogP contribution in [0.2, 0.25) is 0 Å². The van der Waals surface area contributed by atoms with Gasteiger partial charge in [0, 0.05) is 13.0 Å². The molecule has 0 aliphatic carbocycles. The Labute approximate surface area is 187 Å². The molecule has 0 unspecified atom stereocenters. The summed E-state index contributed by atoms with van der Waals surface area (Å²) >= 11 is 0. The zero-order chi connectivity index (χ0) is 23.3. The topological polar surface area (TPSA) is 95.3 Å². The van der Waals surface area contributed by atoms with Crippen molar-refractivity contribution in [2.24, 2.45) is 0 Å². The molecule has 2 heterocycles. The first-order valence-corrected chi connectivity index (χ1v) is 10.7. The summed E-state index contributed by atoms with van der Waals surface area (Å²) < 4.78 is 21.8. The highest BCUT2D eigenvalue weighted by Crippen LogP contribution is 2.31. The van der Waals surface area contributed by atoms with Crippen molar-refractivity contribution in [3.63, 3.8) is 0 Å². The third-order valence-corrected chi connectivity index (χ3v) is 4.88. The number of rotatable bonds is 7. The lowest BCUT2D eigenvalue weighted by Gasteiger charge is -2.34. The van der Waals surface area contributed by atoms with Crippen LogP contribution in [0.3, 0.4) is 0 Å². The van der Waals surface area contributed by atoms with Crippen LogP contribution in [0.15, 0.2) is 41.0 Å². The summed E-state index contributed by atoms with van der Waals surface area (Å²) in [5, 5.41) is 0. The van der Waals surface area contributed by atoms with Gasteiger partial charge in [-0.2, -0.15) is 0 Å². The Kier molecular flexibility index (Phi) is 7.35. The molecule has 1 atom stereocenters. The van der Waals surface area contributed by atoms with Crippen molar-refractivity contribution in [3.8, 4) is 0 Å². The number of carbonyl (C=O) groups excluding carboxylic acids is 3. The average Bonchev–Trinajstić information content (AvgIpc) is 3.15. The molecule has 0 bridgehead atoms. The molecule has 1 aliphatic rings. The summed E-state index contributed by atoms with van der Waals surface area (Å²) in [7, 11) is 0. The molecule has 32 heavy (non-hydrogen) atoms. The number of amides is 2. The molecule has 0 radical (unpaired) electrons. The van der Waals surface area contributed by atoms with E-state index in [1.165, 1.54) is 6.26 Å². The van der Waals surface area contributed by atoms with E-state index in [4.69, 9.17) is 18.6 Å². The molecule has 8 heteroatoms. The molecule has 8 nitrogen and oxygen atoms in total. The number of hydrogen-bond donors (Lipinski definition) is 0. The molecule has 3 rings (SSSR count). The van der Waals surface area contributed by atoms with Crippen LogP contribution in [0.1, 0.15) is 66.2 Å². The van der Waals surface area contributed by atoms with E-state index in [1.807, 2.05) is 30.3 Å². The molecule has 1 aromatic heterocycles. The second-order valence-corrected chi connectivity index (χ2v) is 8.51. The van der Waals surface area contributed by atoms with E-state index in [9.17, 15) is 14.4 Å². The Morgan fingerprint density at radius 1 is 1.19 bits per heavy atom. The molecule has 1 aliphatic heterocycles. The zero-order valence-electron chi connectivity index (χ0n) is 18.9. The Bertz CT molecular complexity index is 958. The predicted molar refractivity (Wildman–Crippen MR) is 115 cm³/mol. The van der Waals surface area contributed by atoms with Crippen LogP contribution >= 0.6 is 0 Å². The fourth-order valence-corrected chi connectivity index (χ4v) is 3.49. The van der Waals surface area contributed by atoms with Crippen LogP contribution < -0.4 is 0 Å². The van der Waals surface area contributed by atoms with Gasteiger partial charge >= 0.3 is 12.1 Å². The van der Waals surface area contributed by atoms with Crippen LogP contribution in [0.5, 0.6) is 0 Å². The second-order valence-electron chi connectivity index (χ2n) is 8.51. The van der Waals surface area contributed by atoms with Crippen molar-refractivity contribution in [2.75, 3.05) is 13.2 Å². The number of carbonyl (C=O) groups is 3. The first-order valence-electron chi connectivity index (χ1n) is 10.7. The van der Waals surface area contributed by atoms with Crippen molar-refractivity contribution in [1.82, 2.24) is 4.90 Å².